The van der Waals surface area contributed by atoms with Crippen molar-refractivity contribution in [3.8, 4) is 0 Å². The minimum atomic E-state index is 0.285. The van der Waals surface area contributed by atoms with Gasteiger partial charge in [0.25, 0.3) is 0 Å². The van der Waals surface area contributed by atoms with Gasteiger partial charge in [-0.1, -0.05) is 66.4 Å². The van der Waals surface area contributed by atoms with Gasteiger partial charge in [0.1, 0.15) is 5.82 Å². The van der Waals surface area contributed by atoms with Crippen LogP contribution in [0.1, 0.15) is 85.1 Å². The highest BCUT2D eigenvalue weighted by atomic mass is 15.0. The second kappa shape index (κ2) is 9.86. The first-order valence-corrected chi connectivity index (χ1v) is 9.22. The van der Waals surface area contributed by atoms with Gasteiger partial charge in [0, 0.05) is 12.7 Å². The van der Waals surface area contributed by atoms with Crippen LogP contribution in [0.2, 0.25) is 0 Å². The number of rotatable bonds is 11. The Bertz CT molecular complexity index is 397. The van der Waals surface area contributed by atoms with E-state index in [9.17, 15) is 0 Å². The van der Waals surface area contributed by atoms with Crippen LogP contribution in [0.4, 0.5) is 5.82 Å². The molecule has 0 spiro atoms. The predicted octanol–water partition coefficient (Wildman–Crippen LogP) is 6.18. The molecular formula is C20H36N2. The van der Waals surface area contributed by atoms with Crippen LogP contribution < -0.4 is 5.32 Å². The van der Waals surface area contributed by atoms with Gasteiger partial charge in [0.2, 0.25) is 0 Å². The van der Waals surface area contributed by atoms with Crippen LogP contribution in [0.5, 0.6) is 0 Å². The summed E-state index contributed by atoms with van der Waals surface area (Å²) in [5.41, 5.74) is 1.69. The Labute approximate surface area is 138 Å². The minimum Gasteiger partial charge on any atom is -0.370 e. The summed E-state index contributed by atoms with van der Waals surface area (Å²) in [4.78, 5) is 4.64. The zero-order chi connectivity index (χ0) is 16.4. The molecule has 0 aliphatic carbocycles. The standard InChI is InChI=1S/C20H36N2/c1-6-8-9-14-20(5,13-7-2)18-10-11-19(22-16-18)21-15-12-17(3)4/h10-11,16-17H,6-9,12-15H2,1-5H3,(H,21,22). The molecule has 2 nitrogen and oxygen atoms in total. The molecule has 22 heavy (non-hydrogen) atoms. The van der Waals surface area contributed by atoms with E-state index >= 15 is 0 Å². The molecule has 1 unspecified atom stereocenters. The topological polar surface area (TPSA) is 24.9 Å². The van der Waals surface area contributed by atoms with Crippen molar-refractivity contribution in [3.05, 3.63) is 23.9 Å². The Morgan fingerprint density at radius 1 is 1.09 bits per heavy atom. The molecule has 1 rings (SSSR count). The molecular weight excluding hydrogens is 268 g/mol. The number of hydrogen-bond donors (Lipinski definition) is 1. The van der Waals surface area contributed by atoms with Crippen LogP contribution in [-0.2, 0) is 5.41 Å². The van der Waals surface area contributed by atoms with E-state index in [2.05, 4.69) is 63.2 Å². The van der Waals surface area contributed by atoms with E-state index in [1.54, 1.807) is 0 Å². The van der Waals surface area contributed by atoms with Crippen LogP contribution in [0.25, 0.3) is 0 Å². The molecule has 0 bridgehead atoms. The Kier molecular flexibility index (Phi) is 8.52. The van der Waals surface area contributed by atoms with E-state index in [4.69, 9.17) is 0 Å². The van der Waals surface area contributed by atoms with Crippen molar-refractivity contribution < 1.29 is 0 Å². The average molecular weight is 305 g/mol. The fraction of sp³-hybridized carbons (Fsp3) is 0.750. The van der Waals surface area contributed by atoms with Gasteiger partial charge >= 0.3 is 0 Å². The first kappa shape index (κ1) is 19.0. The Morgan fingerprint density at radius 2 is 1.86 bits per heavy atom. The third-order valence-corrected chi connectivity index (χ3v) is 4.62. The lowest BCUT2D eigenvalue weighted by atomic mass is 9.75. The summed E-state index contributed by atoms with van der Waals surface area (Å²) in [6.07, 6.45) is 11.0. The number of nitrogens with one attached hydrogen (secondary N) is 1. The van der Waals surface area contributed by atoms with Gasteiger partial charge in [0.15, 0.2) is 0 Å². The highest BCUT2D eigenvalue weighted by Gasteiger charge is 2.25. The molecule has 0 fully saturated rings. The molecule has 1 atom stereocenters. The van der Waals surface area contributed by atoms with E-state index < -0.39 is 0 Å². The van der Waals surface area contributed by atoms with Crippen LogP contribution in [0.15, 0.2) is 18.3 Å². The zero-order valence-electron chi connectivity index (χ0n) is 15.4. The van der Waals surface area contributed by atoms with E-state index in [-0.39, 0.29) is 5.41 Å². The maximum absolute atomic E-state index is 4.64. The smallest absolute Gasteiger partial charge is 0.125 e. The molecule has 0 aromatic carbocycles. The summed E-state index contributed by atoms with van der Waals surface area (Å²) in [6.45, 7) is 12.5. The summed E-state index contributed by atoms with van der Waals surface area (Å²) in [5, 5.41) is 3.43. The molecule has 0 saturated heterocycles. The lowest BCUT2D eigenvalue weighted by molar-refractivity contribution is 0.378. The predicted molar refractivity (Wildman–Crippen MR) is 98.6 cm³/mol. The number of nitrogens with zero attached hydrogens (tertiary/aromatic N) is 1. The highest BCUT2D eigenvalue weighted by Crippen LogP contribution is 2.34. The van der Waals surface area contributed by atoms with Crippen molar-refractivity contribution >= 4 is 5.82 Å². The first-order chi connectivity index (χ1) is 10.5. The van der Waals surface area contributed by atoms with Gasteiger partial charge in [-0.2, -0.15) is 0 Å². The largest absolute Gasteiger partial charge is 0.370 e. The number of pyridine rings is 1. The Morgan fingerprint density at radius 3 is 2.41 bits per heavy atom. The van der Waals surface area contributed by atoms with Gasteiger partial charge < -0.3 is 5.32 Å². The molecule has 0 radical (unpaired) electrons. The molecule has 1 aromatic rings. The van der Waals surface area contributed by atoms with Crippen LogP contribution in [0, 0.1) is 5.92 Å². The van der Waals surface area contributed by atoms with Gasteiger partial charge in [-0.05, 0) is 42.2 Å². The van der Waals surface area contributed by atoms with Crippen LogP contribution in [-0.4, -0.2) is 11.5 Å². The molecule has 0 saturated carbocycles. The summed E-state index contributed by atoms with van der Waals surface area (Å²) >= 11 is 0. The summed E-state index contributed by atoms with van der Waals surface area (Å²) in [5.74, 6) is 1.75. The zero-order valence-corrected chi connectivity index (χ0v) is 15.4. The van der Waals surface area contributed by atoms with Crippen molar-refractivity contribution in [3.63, 3.8) is 0 Å². The molecule has 1 aromatic heterocycles. The third kappa shape index (κ3) is 6.37. The second-order valence-corrected chi connectivity index (χ2v) is 7.31. The number of aromatic nitrogens is 1. The quantitative estimate of drug-likeness (QED) is 0.494. The normalized spacial score (nSPS) is 14.1. The fourth-order valence-electron chi connectivity index (χ4n) is 3.07. The molecule has 1 heterocycles. The van der Waals surface area contributed by atoms with Crippen molar-refractivity contribution in [2.75, 3.05) is 11.9 Å². The van der Waals surface area contributed by atoms with E-state index in [0.717, 1.165) is 18.3 Å². The summed E-state index contributed by atoms with van der Waals surface area (Å²) in [6, 6.07) is 4.44. The summed E-state index contributed by atoms with van der Waals surface area (Å²) in [7, 11) is 0. The SMILES string of the molecule is CCCCCC(C)(CCC)c1ccc(NCCC(C)C)nc1. The van der Waals surface area contributed by atoms with Crippen LogP contribution >= 0.6 is 0 Å². The van der Waals surface area contributed by atoms with Gasteiger partial charge in [-0.3, -0.25) is 0 Å². The van der Waals surface area contributed by atoms with Crippen molar-refractivity contribution in [2.24, 2.45) is 5.92 Å². The fourth-order valence-corrected chi connectivity index (χ4v) is 3.07. The molecule has 0 amide bonds. The van der Waals surface area contributed by atoms with Gasteiger partial charge in [0.05, 0.1) is 0 Å². The minimum absolute atomic E-state index is 0.285. The average Bonchev–Trinajstić information content (AvgIpc) is 2.48. The third-order valence-electron chi connectivity index (χ3n) is 4.62. The molecule has 2 heteroatoms. The summed E-state index contributed by atoms with van der Waals surface area (Å²) < 4.78 is 0. The number of anilines is 1. The highest BCUT2D eigenvalue weighted by molar-refractivity contribution is 5.37. The molecule has 1 N–H and O–H groups in total. The van der Waals surface area contributed by atoms with E-state index in [0.29, 0.717) is 0 Å². The first-order valence-electron chi connectivity index (χ1n) is 9.22. The van der Waals surface area contributed by atoms with E-state index in [1.807, 2.05) is 0 Å². The van der Waals surface area contributed by atoms with E-state index in [1.165, 1.54) is 50.5 Å². The Balaban J connectivity index is 2.67. The van der Waals surface area contributed by atoms with Crippen molar-refractivity contribution in [1.82, 2.24) is 4.98 Å². The number of hydrogen-bond acceptors (Lipinski definition) is 2. The Hall–Kier alpha value is -1.05. The maximum atomic E-state index is 4.64. The van der Waals surface area contributed by atoms with Crippen LogP contribution in [0.3, 0.4) is 0 Å². The lowest BCUT2D eigenvalue weighted by Crippen LogP contribution is -2.22. The van der Waals surface area contributed by atoms with Gasteiger partial charge in [-0.25, -0.2) is 4.98 Å². The number of unbranched alkanes of at least 4 members (excludes halogenated alkanes) is 2. The monoisotopic (exact) mass is 304 g/mol. The van der Waals surface area contributed by atoms with Crippen molar-refractivity contribution in [1.29, 1.82) is 0 Å². The maximum Gasteiger partial charge on any atom is 0.125 e. The molecule has 126 valence electrons. The van der Waals surface area contributed by atoms with Gasteiger partial charge in [-0.15, -0.1) is 0 Å². The molecule has 0 aliphatic heterocycles. The second-order valence-electron chi connectivity index (χ2n) is 7.31. The van der Waals surface area contributed by atoms with Crippen molar-refractivity contribution in [2.45, 2.75) is 85.0 Å². The molecule has 0 aliphatic rings. The lowest BCUT2D eigenvalue weighted by Gasteiger charge is -2.30.